The summed E-state index contributed by atoms with van der Waals surface area (Å²) in [7, 11) is -1.90. The molecule has 0 saturated heterocycles. The van der Waals surface area contributed by atoms with Crippen LogP contribution in [0, 0.1) is 0 Å². The second-order valence-electron chi connectivity index (χ2n) is 6.85. The molecule has 0 fully saturated rings. The number of aromatic nitrogens is 1. The van der Waals surface area contributed by atoms with Gasteiger partial charge in [0, 0.05) is 31.4 Å². The summed E-state index contributed by atoms with van der Waals surface area (Å²) in [5, 5.41) is 0. The summed E-state index contributed by atoms with van der Waals surface area (Å²) in [6.07, 6.45) is 0. The van der Waals surface area contributed by atoms with Gasteiger partial charge in [-0.05, 0) is 42.5 Å². The first-order chi connectivity index (χ1) is 13.7. The summed E-state index contributed by atoms with van der Waals surface area (Å²) < 4.78 is 47.4. The van der Waals surface area contributed by atoms with Crippen molar-refractivity contribution >= 4 is 18.7 Å². The van der Waals surface area contributed by atoms with E-state index in [1.54, 1.807) is 0 Å². The third-order valence-electron chi connectivity index (χ3n) is 4.70. The first kappa shape index (κ1) is 19.0. The molecule has 0 saturated carbocycles. The van der Waals surface area contributed by atoms with Crippen LogP contribution in [0.25, 0.3) is 39.6 Å². The molecule has 3 heterocycles. The monoisotopic (exact) mass is 400 g/mol. The van der Waals surface area contributed by atoms with Gasteiger partial charge in [0.15, 0.2) is 0 Å². The topological polar surface area (TPSA) is 20.5 Å². The number of nitrogens with zero attached hydrogens (tertiary/aromatic N) is 2. The maximum atomic E-state index is 9.75. The van der Waals surface area contributed by atoms with Crippen molar-refractivity contribution in [2.24, 2.45) is 0 Å². The Morgan fingerprint density at radius 3 is 2.03 bits per heavy atom. The zero-order chi connectivity index (χ0) is 20.8. The molecule has 0 N–H and O–H groups in total. The molecule has 0 aliphatic carbocycles. The van der Waals surface area contributed by atoms with Crippen molar-refractivity contribution in [2.45, 2.75) is 0 Å². The number of oxazole rings is 1. The predicted molar refractivity (Wildman–Crippen MR) is 106 cm³/mol. The summed E-state index contributed by atoms with van der Waals surface area (Å²) >= 11 is 0. The van der Waals surface area contributed by atoms with Crippen LogP contribution < -0.4 is 9.30 Å². The largest absolute Gasteiger partial charge is 0.673 e. The molecular formula is C21H17BF4N2O. The molecule has 0 atom stereocenters. The molecule has 5 rings (SSSR count). The molecule has 2 aromatic heterocycles. The van der Waals surface area contributed by atoms with Gasteiger partial charge in [-0.15, -0.1) is 4.40 Å². The Bertz CT molecular complexity index is 1180. The Hall–Kier alpha value is -3.29. The second kappa shape index (κ2) is 6.95. The van der Waals surface area contributed by atoms with E-state index in [0.29, 0.717) is 0 Å². The Morgan fingerprint density at radius 1 is 0.793 bits per heavy atom. The number of hydrogen-bond donors (Lipinski definition) is 0. The zero-order valence-corrected chi connectivity index (χ0v) is 15.7. The molecule has 8 heteroatoms. The van der Waals surface area contributed by atoms with E-state index in [1.165, 1.54) is 22.5 Å². The van der Waals surface area contributed by atoms with Gasteiger partial charge in [0.1, 0.15) is 0 Å². The molecule has 0 bridgehead atoms. The molecule has 4 aromatic rings. The Balaban J connectivity index is 0.000000369. The molecular weight excluding hydrogens is 383 g/mol. The van der Waals surface area contributed by atoms with Gasteiger partial charge >= 0.3 is 13.0 Å². The van der Waals surface area contributed by atoms with Crippen molar-refractivity contribution in [3.63, 3.8) is 0 Å². The van der Waals surface area contributed by atoms with Crippen LogP contribution >= 0.6 is 0 Å². The van der Waals surface area contributed by atoms with E-state index in [0.717, 1.165) is 22.7 Å². The lowest BCUT2D eigenvalue weighted by Crippen LogP contribution is -2.20. The van der Waals surface area contributed by atoms with Crippen molar-refractivity contribution in [3.05, 3.63) is 66.7 Å². The molecule has 29 heavy (non-hydrogen) atoms. The van der Waals surface area contributed by atoms with Crippen LogP contribution in [0.15, 0.2) is 71.1 Å². The highest BCUT2D eigenvalue weighted by Gasteiger charge is 2.37. The van der Waals surface area contributed by atoms with E-state index in [1.807, 2.05) is 20.2 Å². The van der Waals surface area contributed by atoms with Crippen LogP contribution in [0.4, 0.5) is 23.0 Å². The number of halogens is 4. The minimum absolute atomic E-state index is 0.880. The molecule has 1 aliphatic heterocycles. The lowest BCUT2D eigenvalue weighted by atomic mass is 10.0. The normalized spacial score (nSPS) is 11.8. The quantitative estimate of drug-likeness (QED) is 0.215. The summed E-state index contributed by atoms with van der Waals surface area (Å²) in [4.78, 5) is 2.10. The molecule has 0 radical (unpaired) electrons. The van der Waals surface area contributed by atoms with Gasteiger partial charge < -0.3 is 26.6 Å². The van der Waals surface area contributed by atoms with E-state index < -0.39 is 7.25 Å². The number of pyridine rings is 1. The lowest BCUT2D eigenvalue weighted by molar-refractivity contribution is -0.485. The second-order valence-corrected chi connectivity index (χ2v) is 6.85. The highest BCUT2D eigenvalue weighted by atomic mass is 19.5. The number of benzene rings is 2. The van der Waals surface area contributed by atoms with E-state index in [2.05, 4.69) is 70.0 Å². The van der Waals surface area contributed by atoms with Crippen molar-refractivity contribution in [3.8, 4) is 33.8 Å². The van der Waals surface area contributed by atoms with Crippen LogP contribution in [-0.4, -0.2) is 21.3 Å². The molecule has 148 valence electrons. The van der Waals surface area contributed by atoms with Crippen molar-refractivity contribution in [1.29, 1.82) is 0 Å². The zero-order valence-electron chi connectivity index (χ0n) is 15.7. The average molecular weight is 400 g/mol. The van der Waals surface area contributed by atoms with Crippen LogP contribution in [0.3, 0.4) is 0 Å². The fourth-order valence-corrected chi connectivity index (χ4v) is 3.53. The fraction of sp³-hybridized carbons (Fsp3) is 0.0952. The van der Waals surface area contributed by atoms with Crippen LogP contribution in [-0.2, 0) is 0 Å². The highest BCUT2D eigenvalue weighted by molar-refractivity contribution is 6.50. The maximum absolute atomic E-state index is 9.75. The van der Waals surface area contributed by atoms with Crippen molar-refractivity contribution < 1.29 is 26.1 Å². The van der Waals surface area contributed by atoms with E-state index in [4.69, 9.17) is 4.42 Å². The number of hydrogen-bond acceptors (Lipinski definition) is 2. The summed E-state index contributed by atoms with van der Waals surface area (Å²) in [6, 6.07) is 23.3. The van der Waals surface area contributed by atoms with Gasteiger partial charge in [0.2, 0.25) is 11.5 Å². The molecule has 0 unspecified atom stereocenters. The van der Waals surface area contributed by atoms with E-state index in [9.17, 15) is 17.3 Å². The summed E-state index contributed by atoms with van der Waals surface area (Å²) in [5.41, 5.74) is 7.99. The summed E-state index contributed by atoms with van der Waals surface area (Å²) in [6.45, 7) is 0. The average Bonchev–Trinajstić information content (AvgIpc) is 3.21. The van der Waals surface area contributed by atoms with Crippen LogP contribution in [0.5, 0.6) is 0 Å². The SMILES string of the molecule is CN(C)c1ccc(-c2oc3cccc4[n+]3c2-c2ccccc2-4)cc1.F[B-](F)(F)F. The number of fused-ring (bicyclic) bond motifs is 3. The molecule has 2 aromatic carbocycles. The molecule has 3 nitrogen and oxygen atoms in total. The Kier molecular flexibility index (Phi) is 4.57. The molecule has 1 aliphatic rings. The molecule has 0 amide bonds. The van der Waals surface area contributed by atoms with Gasteiger partial charge in [0.25, 0.3) is 5.69 Å². The third-order valence-corrected chi connectivity index (χ3v) is 4.70. The first-order valence-corrected chi connectivity index (χ1v) is 8.96. The smallest absolute Gasteiger partial charge is 0.418 e. The Labute approximate surface area is 164 Å². The first-order valence-electron chi connectivity index (χ1n) is 8.96. The van der Waals surface area contributed by atoms with Crippen LogP contribution in [0.2, 0.25) is 0 Å². The van der Waals surface area contributed by atoms with E-state index in [-0.39, 0.29) is 0 Å². The van der Waals surface area contributed by atoms with Gasteiger partial charge in [-0.3, -0.25) is 0 Å². The minimum Gasteiger partial charge on any atom is -0.418 e. The Morgan fingerprint density at radius 2 is 1.41 bits per heavy atom. The molecule has 0 spiro atoms. The third kappa shape index (κ3) is 3.58. The lowest BCUT2D eigenvalue weighted by Gasteiger charge is -2.11. The predicted octanol–water partition coefficient (Wildman–Crippen LogP) is 5.70. The van der Waals surface area contributed by atoms with Crippen LogP contribution in [0.1, 0.15) is 0 Å². The van der Waals surface area contributed by atoms with Crippen molar-refractivity contribution in [2.75, 3.05) is 19.0 Å². The highest BCUT2D eigenvalue weighted by Crippen LogP contribution is 2.41. The van der Waals surface area contributed by atoms with Gasteiger partial charge in [-0.1, -0.05) is 12.1 Å². The van der Waals surface area contributed by atoms with Gasteiger partial charge in [0.05, 0.1) is 17.2 Å². The van der Waals surface area contributed by atoms with Gasteiger partial charge in [-0.25, -0.2) is 0 Å². The van der Waals surface area contributed by atoms with Gasteiger partial charge in [-0.2, -0.15) is 0 Å². The maximum Gasteiger partial charge on any atom is 0.673 e. The number of anilines is 1. The standard InChI is InChI=1S/C21H17N2O.BF4/c1-22(2)15-12-10-14(11-13-15)21-20-17-7-4-3-6-16(17)18-8-5-9-19(24-21)23(18)20;2-1(3,4)5/h3-13H,1-2H3;/q+1;-1. The fourth-order valence-electron chi connectivity index (χ4n) is 3.53. The van der Waals surface area contributed by atoms with E-state index >= 15 is 0 Å². The minimum atomic E-state index is -6.00. The van der Waals surface area contributed by atoms with Crippen molar-refractivity contribution in [1.82, 2.24) is 0 Å². The summed E-state index contributed by atoms with van der Waals surface area (Å²) in [5.74, 6) is 0.928. The number of rotatable bonds is 2.